The van der Waals surface area contributed by atoms with Crippen molar-refractivity contribution in [1.82, 2.24) is 10.2 Å². The second-order valence-corrected chi connectivity index (χ2v) is 7.42. The Balaban J connectivity index is 1.43. The zero-order chi connectivity index (χ0) is 19.7. The summed E-state index contributed by atoms with van der Waals surface area (Å²) in [7, 11) is 1.38. The predicted octanol–water partition coefficient (Wildman–Crippen LogP) is 2.43. The molecule has 0 aromatic heterocycles. The monoisotopic (exact) mass is 379 g/mol. The van der Waals surface area contributed by atoms with E-state index in [1.807, 2.05) is 29.2 Å². The molecule has 2 aromatic rings. The molecule has 146 valence electrons. The van der Waals surface area contributed by atoms with Crippen molar-refractivity contribution in [2.75, 3.05) is 31.6 Å². The van der Waals surface area contributed by atoms with Gasteiger partial charge in [0.15, 0.2) is 0 Å². The number of benzene rings is 2. The third kappa shape index (κ3) is 3.47. The minimum absolute atomic E-state index is 0.0999. The Hall–Kier alpha value is -2.86. The molecule has 1 N–H and O–H groups in total. The molecule has 6 heteroatoms. The summed E-state index contributed by atoms with van der Waals surface area (Å²) in [6.45, 7) is 6.00. The highest BCUT2D eigenvalue weighted by atomic mass is 16.5. The number of hydrogen-bond acceptors (Lipinski definition) is 5. The first-order chi connectivity index (χ1) is 13.6. The fourth-order valence-electron chi connectivity index (χ4n) is 4.01. The molecule has 0 spiro atoms. The summed E-state index contributed by atoms with van der Waals surface area (Å²) in [5.74, 6) is -0.234. The largest absolute Gasteiger partial charge is 0.465 e. The molecule has 4 rings (SSSR count). The Morgan fingerprint density at radius 2 is 1.71 bits per heavy atom. The molecule has 0 saturated carbocycles. The number of anilines is 1. The van der Waals surface area contributed by atoms with Gasteiger partial charge >= 0.3 is 5.97 Å². The van der Waals surface area contributed by atoms with Crippen molar-refractivity contribution in [3.8, 4) is 0 Å². The van der Waals surface area contributed by atoms with Gasteiger partial charge in [-0.05, 0) is 54.4 Å². The number of carbonyl (C=O) groups excluding carboxylic acids is 2. The molecule has 1 atom stereocenters. The molecule has 0 radical (unpaired) electrons. The summed E-state index contributed by atoms with van der Waals surface area (Å²) in [6.07, 6.45) is 0. The molecule has 1 unspecified atom stereocenters. The first-order valence-corrected chi connectivity index (χ1v) is 9.63. The number of rotatable bonds is 3. The molecule has 1 fully saturated rings. The fraction of sp³-hybridized carbons (Fsp3) is 0.364. The standard InChI is InChI=1S/C22H25N3O3/c1-15-14-24(20-7-5-16(6-8-20)22(27)28-2)9-10-25(15)21(26)17-3-4-18-12-23-13-19(18)11-17/h3-8,11,15,23H,9-10,12-14H2,1-2H3. The zero-order valence-corrected chi connectivity index (χ0v) is 16.3. The fourth-order valence-corrected chi connectivity index (χ4v) is 4.01. The Morgan fingerprint density at radius 1 is 1.00 bits per heavy atom. The minimum atomic E-state index is -0.333. The van der Waals surface area contributed by atoms with Gasteiger partial charge in [-0.15, -0.1) is 0 Å². The van der Waals surface area contributed by atoms with Crippen LogP contribution in [0.2, 0.25) is 0 Å². The van der Waals surface area contributed by atoms with Gasteiger partial charge in [-0.25, -0.2) is 4.79 Å². The van der Waals surface area contributed by atoms with E-state index in [9.17, 15) is 9.59 Å². The molecular weight excluding hydrogens is 354 g/mol. The van der Waals surface area contributed by atoms with Crippen LogP contribution in [0.25, 0.3) is 0 Å². The van der Waals surface area contributed by atoms with E-state index in [4.69, 9.17) is 4.74 Å². The lowest BCUT2D eigenvalue weighted by molar-refractivity contribution is 0.0599. The average Bonchev–Trinajstić information content (AvgIpc) is 3.20. The number of fused-ring (bicyclic) bond motifs is 1. The third-order valence-electron chi connectivity index (χ3n) is 5.63. The number of esters is 1. The summed E-state index contributed by atoms with van der Waals surface area (Å²) >= 11 is 0. The van der Waals surface area contributed by atoms with Crippen molar-refractivity contribution in [2.45, 2.75) is 26.1 Å². The van der Waals surface area contributed by atoms with Crippen LogP contribution in [-0.2, 0) is 17.8 Å². The number of carbonyl (C=O) groups is 2. The first-order valence-electron chi connectivity index (χ1n) is 9.63. The summed E-state index contributed by atoms with van der Waals surface area (Å²) in [5.41, 5.74) is 4.87. The normalized spacial score (nSPS) is 18.7. The lowest BCUT2D eigenvalue weighted by atomic mass is 10.0. The van der Waals surface area contributed by atoms with Crippen molar-refractivity contribution >= 4 is 17.6 Å². The molecular formula is C22H25N3O3. The number of nitrogens with zero attached hydrogens (tertiary/aromatic N) is 2. The van der Waals surface area contributed by atoms with Crippen molar-refractivity contribution in [1.29, 1.82) is 0 Å². The second kappa shape index (κ2) is 7.64. The summed E-state index contributed by atoms with van der Waals surface area (Å²) in [6, 6.07) is 13.6. The van der Waals surface area contributed by atoms with Gasteiger partial charge in [0.1, 0.15) is 0 Å². The highest BCUT2D eigenvalue weighted by molar-refractivity contribution is 5.95. The van der Waals surface area contributed by atoms with Crippen LogP contribution < -0.4 is 10.2 Å². The van der Waals surface area contributed by atoms with E-state index in [1.54, 1.807) is 12.1 Å². The molecule has 2 aliphatic heterocycles. The van der Waals surface area contributed by atoms with Crippen LogP contribution in [0.1, 0.15) is 38.8 Å². The minimum Gasteiger partial charge on any atom is -0.465 e. The lowest BCUT2D eigenvalue weighted by Crippen LogP contribution is -2.54. The van der Waals surface area contributed by atoms with Crippen molar-refractivity contribution in [3.63, 3.8) is 0 Å². The van der Waals surface area contributed by atoms with Crippen LogP contribution in [0, 0.1) is 0 Å². The Kier molecular flexibility index (Phi) is 5.05. The highest BCUT2D eigenvalue weighted by Crippen LogP contribution is 2.23. The number of piperazine rings is 1. The van der Waals surface area contributed by atoms with Gasteiger partial charge in [0.25, 0.3) is 5.91 Å². The smallest absolute Gasteiger partial charge is 0.337 e. The molecule has 2 aliphatic rings. The number of hydrogen-bond donors (Lipinski definition) is 1. The van der Waals surface area contributed by atoms with E-state index in [0.29, 0.717) is 12.1 Å². The molecule has 6 nitrogen and oxygen atoms in total. The number of ether oxygens (including phenoxy) is 1. The van der Waals surface area contributed by atoms with Crippen LogP contribution in [-0.4, -0.2) is 49.6 Å². The number of amides is 1. The molecule has 0 bridgehead atoms. The summed E-state index contributed by atoms with van der Waals surface area (Å²) in [5, 5.41) is 3.32. The van der Waals surface area contributed by atoms with Gasteiger partial charge < -0.3 is 19.9 Å². The van der Waals surface area contributed by atoms with Gasteiger partial charge in [0.2, 0.25) is 0 Å². The Morgan fingerprint density at radius 3 is 2.43 bits per heavy atom. The maximum atomic E-state index is 13.0. The van der Waals surface area contributed by atoms with Crippen LogP contribution in [0.4, 0.5) is 5.69 Å². The van der Waals surface area contributed by atoms with Gasteiger partial charge in [0.05, 0.1) is 12.7 Å². The third-order valence-corrected chi connectivity index (χ3v) is 5.63. The van der Waals surface area contributed by atoms with Crippen LogP contribution >= 0.6 is 0 Å². The van der Waals surface area contributed by atoms with Gasteiger partial charge in [-0.3, -0.25) is 4.79 Å². The topological polar surface area (TPSA) is 61.9 Å². The Labute approximate surface area is 165 Å². The van der Waals surface area contributed by atoms with Crippen LogP contribution in [0.3, 0.4) is 0 Å². The maximum Gasteiger partial charge on any atom is 0.337 e. The maximum absolute atomic E-state index is 13.0. The predicted molar refractivity (Wildman–Crippen MR) is 107 cm³/mol. The molecule has 28 heavy (non-hydrogen) atoms. The van der Waals surface area contributed by atoms with Crippen LogP contribution in [0.5, 0.6) is 0 Å². The summed E-state index contributed by atoms with van der Waals surface area (Å²) in [4.78, 5) is 28.8. The SMILES string of the molecule is COC(=O)c1ccc(N2CCN(C(=O)c3ccc4c(c3)CNC4)C(C)C2)cc1. The average molecular weight is 379 g/mol. The van der Waals surface area contributed by atoms with E-state index >= 15 is 0 Å². The lowest BCUT2D eigenvalue weighted by Gasteiger charge is -2.41. The molecule has 2 heterocycles. The van der Waals surface area contributed by atoms with Crippen LogP contribution in [0.15, 0.2) is 42.5 Å². The molecule has 1 saturated heterocycles. The van der Waals surface area contributed by atoms with E-state index in [1.165, 1.54) is 18.2 Å². The van der Waals surface area contributed by atoms with E-state index in [2.05, 4.69) is 23.2 Å². The van der Waals surface area contributed by atoms with E-state index < -0.39 is 0 Å². The van der Waals surface area contributed by atoms with Crippen molar-refractivity contribution in [3.05, 3.63) is 64.7 Å². The van der Waals surface area contributed by atoms with E-state index in [-0.39, 0.29) is 17.9 Å². The molecule has 1 amide bonds. The number of methoxy groups -OCH3 is 1. The Bertz CT molecular complexity index is 894. The van der Waals surface area contributed by atoms with Crippen molar-refractivity contribution in [2.24, 2.45) is 0 Å². The molecule has 2 aromatic carbocycles. The van der Waals surface area contributed by atoms with Gasteiger partial charge in [0, 0.05) is 50.0 Å². The highest BCUT2D eigenvalue weighted by Gasteiger charge is 2.29. The van der Waals surface area contributed by atoms with Gasteiger partial charge in [-0.2, -0.15) is 0 Å². The van der Waals surface area contributed by atoms with Crippen molar-refractivity contribution < 1.29 is 14.3 Å². The quantitative estimate of drug-likeness (QED) is 0.830. The van der Waals surface area contributed by atoms with Gasteiger partial charge in [-0.1, -0.05) is 6.07 Å². The second-order valence-electron chi connectivity index (χ2n) is 7.42. The number of nitrogens with one attached hydrogen (secondary N) is 1. The summed E-state index contributed by atoms with van der Waals surface area (Å²) < 4.78 is 4.75. The zero-order valence-electron chi connectivity index (χ0n) is 16.3. The molecule has 0 aliphatic carbocycles. The van der Waals surface area contributed by atoms with E-state index in [0.717, 1.165) is 37.4 Å². The first kappa shape index (κ1) is 18.5.